The fourth-order valence-corrected chi connectivity index (χ4v) is 2.39. The Kier molecular flexibility index (Phi) is 4.37. The van der Waals surface area contributed by atoms with Gasteiger partial charge in [-0.2, -0.15) is 0 Å². The molecule has 0 aliphatic carbocycles. The smallest absolute Gasteiger partial charge is 0.253 e. The monoisotopic (exact) mass is 265 g/mol. The first kappa shape index (κ1) is 13.8. The number of piperidine rings is 1. The van der Waals surface area contributed by atoms with E-state index in [2.05, 4.69) is 17.1 Å². The number of nitrogens with zero attached hydrogens (tertiary/aromatic N) is 1. The Hall–Kier alpha value is -1.62. The second-order valence-corrected chi connectivity index (χ2v) is 4.88. The van der Waals surface area contributed by atoms with Crippen LogP contribution in [0.5, 0.6) is 0 Å². The first-order valence-corrected chi connectivity index (χ1v) is 6.69. The number of halogens is 1. The van der Waals surface area contributed by atoms with E-state index in [-0.39, 0.29) is 23.2 Å². The lowest BCUT2D eigenvalue weighted by Crippen LogP contribution is -2.44. The maximum Gasteiger partial charge on any atom is 0.253 e. The summed E-state index contributed by atoms with van der Waals surface area (Å²) in [5.74, 6) is -0.833. The van der Waals surface area contributed by atoms with Gasteiger partial charge in [0, 0.05) is 19.1 Å². The third-order valence-corrected chi connectivity index (χ3v) is 3.67. The number of likely N-dealkylation sites (tertiary alicyclic amines) is 1. The zero-order valence-corrected chi connectivity index (χ0v) is 11.2. The number of nitrogens with two attached hydrogens (primary N) is 1. The zero-order chi connectivity index (χ0) is 13.8. The normalized spacial score (nSPS) is 17.4. The first-order valence-electron chi connectivity index (χ1n) is 6.69. The number of anilines is 1. The Morgan fingerprint density at radius 3 is 2.79 bits per heavy atom. The van der Waals surface area contributed by atoms with E-state index >= 15 is 0 Å². The third kappa shape index (κ3) is 3.23. The van der Waals surface area contributed by atoms with Gasteiger partial charge in [0.1, 0.15) is 5.82 Å². The molecule has 2 rings (SSSR count). The van der Waals surface area contributed by atoms with Crippen LogP contribution in [-0.4, -0.2) is 36.5 Å². The average molecular weight is 265 g/mol. The molecule has 5 heteroatoms. The second kappa shape index (κ2) is 6.02. The molecule has 1 aromatic rings. The molecule has 1 heterocycles. The van der Waals surface area contributed by atoms with E-state index in [0.29, 0.717) is 0 Å². The van der Waals surface area contributed by atoms with Crippen molar-refractivity contribution in [2.45, 2.75) is 25.8 Å². The van der Waals surface area contributed by atoms with Crippen molar-refractivity contribution in [2.24, 2.45) is 0 Å². The van der Waals surface area contributed by atoms with Crippen LogP contribution in [0.25, 0.3) is 0 Å². The van der Waals surface area contributed by atoms with Crippen LogP contribution in [0.4, 0.5) is 10.1 Å². The van der Waals surface area contributed by atoms with Crippen LogP contribution in [0.3, 0.4) is 0 Å². The molecule has 104 valence electrons. The average Bonchev–Trinajstić information content (AvgIpc) is 2.42. The molecule has 0 aromatic heterocycles. The lowest BCUT2D eigenvalue weighted by Gasteiger charge is -2.31. The molecule has 0 unspecified atom stereocenters. The number of hydrogen-bond donors (Lipinski definition) is 2. The highest BCUT2D eigenvalue weighted by molar-refractivity contribution is 5.99. The van der Waals surface area contributed by atoms with Crippen LogP contribution in [0.15, 0.2) is 18.2 Å². The number of carbonyl (C=O) groups excluding carboxylic acids is 1. The molecule has 0 bridgehead atoms. The van der Waals surface area contributed by atoms with Gasteiger partial charge in [0.25, 0.3) is 5.91 Å². The summed E-state index contributed by atoms with van der Waals surface area (Å²) in [6.07, 6.45) is 1.85. The van der Waals surface area contributed by atoms with Crippen LogP contribution in [0, 0.1) is 5.82 Å². The molecule has 0 saturated carbocycles. The van der Waals surface area contributed by atoms with E-state index < -0.39 is 5.82 Å². The van der Waals surface area contributed by atoms with Crippen LogP contribution >= 0.6 is 0 Å². The van der Waals surface area contributed by atoms with E-state index in [1.54, 1.807) is 6.07 Å². The van der Waals surface area contributed by atoms with Gasteiger partial charge in [-0.15, -0.1) is 0 Å². The minimum Gasteiger partial charge on any atom is -0.396 e. The van der Waals surface area contributed by atoms with E-state index in [0.717, 1.165) is 32.5 Å². The molecule has 1 fully saturated rings. The van der Waals surface area contributed by atoms with Crippen LogP contribution < -0.4 is 11.1 Å². The Labute approximate surface area is 112 Å². The molecule has 0 radical (unpaired) electrons. The number of nitrogen functional groups attached to an aromatic ring is 1. The molecule has 1 aliphatic rings. The standard InChI is InChI=1S/C14H20FN3O/c1-2-18-8-6-10(7-9-18)17-14(19)11-4-3-5-12(15)13(11)16/h3-5,10H,2,6-9,16H2,1H3,(H,17,19). The van der Waals surface area contributed by atoms with Gasteiger partial charge in [-0.3, -0.25) is 4.79 Å². The quantitative estimate of drug-likeness (QED) is 0.817. The minimum absolute atomic E-state index is 0.0778. The second-order valence-electron chi connectivity index (χ2n) is 4.88. The maximum absolute atomic E-state index is 13.3. The summed E-state index contributed by atoms with van der Waals surface area (Å²) in [4.78, 5) is 14.4. The van der Waals surface area contributed by atoms with Crippen molar-refractivity contribution < 1.29 is 9.18 Å². The predicted molar refractivity (Wildman–Crippen MR) is 73.4 cm³/mol. The molecule has 4 nitrogen and oxygen atoms in total. The van der Waals surface area contributed by atoms with Crippen molar-refractivity contribution in [3.8, 4) is 0 Å². The highest BCUT2D eigenvalue weighted by atomic mass is 19.1. The van der Waals surface area contributed by atoms with E-state index in [1.807, 2.05) is 0 Å². The molecule has 3 N–H and O–H groups in total. The third-order valence-electron chi connectivity index (χ3n) is 3.67. The van der Waals surface area contributed by atoms with Crippen LogP contribution in [0.1, 0.15) is 30.1 Å². The van der Waals surface area contributed by atoms with Gasteiger partial charge in [-0.05, 0) is 31.5 Å². The molecule has 1 aromatic carbocycles. The lowest BCUT2D eigenvalue weighted by molar-refractivity contribution is 0.0913. The van der Waals surface area contributed by atoms with Crippen molar-refractivity contribution in [1.29, 1.82) is 0 Å². The number of nitrogens with one attached hydrogen (secondary N) is 1. The summed E-state index contributed by atoms with van der Waals surface area (Å²) in [7, 11) is 0. The summed E-state index contributed by atoms with van der Waals surface area (Å²) in [5.41, 5.74) is 5.73. The van der Waals surface area contributed by atoms with Crippen molar-refractivity contribution >= 4 is 11.6 Å². The molecule has 0 atom stereocenters. The number of hydrogen-bond acceptors (Lipinski definition) is 3. The van der Waals surface area contributed by atoms with Gasteiger partial charge in [0.05, 0.1) is 11.3 Å². The topological polar surface area (TPSA) is 58.4 Å². The van der Waals surface area contributed by atoms with Gasteiger partial charge in [0.15, 0.2) is 0 Å². The largest absolute Gasteiger partial charge is 0.396 e. The first-order chi connectivity index (χ1) is 9.11. The summed E-state index contributed by atoms with van der Waals surface area (Å²) in [5, 5.41) is 2.94. The van der Waals surface area contributed by atoms with Crippen molar-refractivity contribution in [2.75, 3.05) is 25.4 Å². The summed E-state index contributed by atoms with van der Waals surface area (Å²) >= 11 is 0. The Morgan fingerprint density at radius 1 is 1.47 bits per heavy atom. The Morgan fingerprint density at radius 2 is 2.16 bits per heavy atom. The molecule has 1 aliphatic heterocycles. The highest BCUT2D eigenvalue weighted by Crippen LogP contribution is 2.17. The minimum atomic E-state index is -0.548. The van der Waals surface area contributed by atoms with Crippen molar-refractivity contribution in [3.05, 3.63) is 29.6 Å². The fourth-order valence-electron chi connectivity index (χ4n) is 2.39. The summed E-state index contributed by atoms with van der Waals surface area (Å²) < 4.78 is 13.3. The molecular formula is C14H20FN3O. The molecule has 0 spiro atoms. The van der Waals surface area contributed by atoms with E-state index in [1.165, 1.54) is 12.1 Å². The highest BCUT2D eigenvalue weighted by Gasteiger charge is 2.21. The van der Waals surface area contributed by atoms with Gasteiger partial charge in [-0.25, -0.2) is 4.39 Å². The SMILES string of the molecule is CCN1CCC(NC(=O)c2cccc(F)c2N)CC1. The lowest BCUT2D eigenvalue weighted by atomic mass is 10.0. The van der Waals surface area contributed by atoms with Gasteiger partial charge in [-0.1, -0.05) is 13.0 Å². The molecular weight excluding hydrogens is 245 g/mol. The van der Waals surface area contributed by atoms with Crippen LogP contribution in [0.2, 0.25) is 0 Å². The van der Waals surface area contributed by atoms with Crippen LogP contribution in [-0.2, 0) is 0 Å². The van der Waals surface area contributed by atoms with Crippen molar-refractivity contribution in [3.63, 3.8) is 0 Å². The number of para-hydroxylation sites is 1. The van der Waals surface area contributed by atoms with Gasteiger partial charge in [0.2, 0.25) is 0 Å². The zero-order valence-electron chi connectivity index (χ0n) is 11.2. The predicted octanol–water partition coefficient (Wildman–Crippen LogP) is 1.62. The number of rotatable bonds is 3. The van der Waals surface area contributed by atoms with Gasteiger partial charge >= 0.3 is 0 Å². The fraction of sp³-hybridized carbons (Fsp3) is 0.500. The Bertz CT molecular complexity index is 456. The van der Waals surface area contributed by atoms with Gasteiger partial charge < -0.3 is 16.0 Å². The van der Waals surface area contributed by atoms with Crippen molar-refractivity contribution in [1.82, 2.24) is 10.2 Å². The van der Waals surface area contributed by atoms with E-state index in [4.69, 9.17) is 5.73 Å². The molecule has 1 saturated heterocycles. The maximum atomic E-state index is 13.3. The summed E-state index contributed by atoms with van der Waals surface area (Å²) in [6.45, 7) is 5.14. The molecule has 19 heavy (non-hydrogen) atoms. The number of amides is 1. The molecule has 1 amide bonds. The van der Waals surface area contributed by atoms with E-state index in [9.17, 15) is 9.18 Å². The number of carbonyl (C=O) groups is 1. The Balaban J connectivity index is 1.96. The number of benzene rings is 1. The summed E-state index contributed by atoms with van der Waals surface area (Å²) in [6, 6.07) is 4.46.